The van der Waals surface area contributed by atoms with Crippen LogP contribution in [0.5, 0.6) is 0 Å². The SMILES string of the molecule is CC1(C)OB(c2ccc(N(c3ccc(-c4ccc5ccccc5c4)cc3)c3ccc([Si](c4ccccc4)(c4ccccc4)c4ccccc4)cc3)cc2)OC1(C)C. The zero-order valence-electron chi connectivity index (χ0n) is 33.0. The zero-order valence-corrected chi connectivity index (χ0v) is 34.0. The van der Waals surface area contributed by atoms with Gasteiger partial charge in [0.15, 0.2) is 8.07 Å². The third-order valence-electron chi connectivity index (χ3n) is 12.1. The molecule has 0 amide bonds. The van der Waals surface area contributed by atoms with Gasteiger partial charge in [0, 0.05) is 17.1 Å². The molecule has 0 aliphatic carbocycles. The van der Waals surface area contributed by atoms with E-state index < -0.39 is 26.4 Å². The van der Waals surface area contributed by atoms with Crippen LogP contribution in [0, 0.1) is 0 Å². The molecule has 0 radical (unpaired) electrons. The molecule has 8 aromatic rings. The van der Waals surface area contributed by atoms with Crippen LogP contribution >= 0.6 is 0 Å². The maximum atomic E-state index is 6.42. The number of hydrogen-bond donors (Lipinski definition) is 0. The van der Waals surface area contributed by atoms with Gasteiger partial charge in [0.05, 0.1) is 11.2 Å². The molecule has 278 valence electrons. The standard InChI is InChI=1S/C52H46BNO2Si/c1-51(2)52(3,4)56-53(55-51)43-28-32-45(33-29-43)54(44-30-26-40(27-31-44)42-25-24-39-16-14-15-17-41(39)38-42)46-34-36-50(37-35-46)57(47-18-8-5-9-19-47,48-20-10-6-11-21-48)49-22-12-7-13-23-49/h5-38H,1-4H3. The summed E-state index contributed by atoms with van der Waals surface area (Å²) in [4.78, 5) is 2.35. The van der Waals surface area contributed by atoms with Gasteiger partial charge in [0.25, 0.3) is 0 Å². The van der Waals surface area contributed by atoms with E-state index in [9.17, 15) is 0 Å². The van der Waals surface area contributed by atoms with E-state index in [0.29, 0.717) is 0 Å². The van der Waals surface area contributed by atoms with Crippen LogP contribution in [0.1, 0.15) is 27.7 Å². The Balaban J connectivity index is 1.15. The van der Waals surface area contributed by atoms with Crippen LogP contribution in [-0.4, -0.2) is 26.4 Å². The topological polar surface area (TPSA) is 21.7 Å². The van der Waals surface area contributed by atoms with E-state index in [1.54, 1.807) is 0 Å². The van der Waals surface area contributed by atoms with Gasteiger partial charge in [-0.3, -0.25) is 0 Å². The minimum Gasteiger partial charge on any atom is -0.399 e. The van der Waals surface area contributed by atoms with E-state index in [1.807, 2.05) is 0 Å². The van der Waals surface area contributed by atoms with Gasteiger partial charge in [-0.15, -0.1) is 0 Å². The lowest BCUT2D eigenvalue weighted by atomic mass is 9.79. The van der Waals surface area contributed by atoms with Crippen molar-refractivity contribution in [1.29, 1.82) is 0 Å². The van der Waals surface area contributed by atoms with Gasteiger partial charge in [-0.1, -0.05) is 164 Å². The summed E-state index contributed by atoms with van der Waals surface area (Å²) in [5.41, 5.74) is 5.78. The molecule has 5 heteroatoms. The number of anilines is 3. The van der Waals surface area contributed by atoms with E-state index in [4.69, 9.17) is 9.31 Å². The van der Waals surface area contributed by atoms with E-state index >= 15 is 0 Å². The number of benzene rings is 8. The van der Waals surface area contributed by atoms with Crippen molar-refractivity contribution >= 4 is 69.2 Å². The van der Waals surface area contributed by atoms with E-state index in [-0.39, 0.29) is 0 Å². The smallest absolute Gasteiger partial charge is 0.399 e. The summed E-state index contributed by atoms with van der Waals surface area (Å²) in [6, 6.07) is 75.4. The maximum Gasteiger partial charge on any atom is 0.494 e. The Hall–Kier alpha value is -5.98. The number of fused-ring (bicyclic) bond motifs is 1. The summed E-state index contributed by atoms with van der Waals surface area (Å²) in [6.45, 7) is 8.39. The van der Waals surface area contributed by atoms with Crippen molar-refractivity contribution in [2.75, 3.05) is 4.90 Å². The monoisotopic (exact) mass is 755 g/mol. The number of hydrogen-bond acceptors (Lipinski definition) is 3. The molecule has 1 heterocycles. The van der Waals surface area contributed by atoms with Crippen molar-refractivity contribution in [2.24, 2.45) is 0 Å². The number of nitrogens with zero attached hydrogens (tertiary/aromatic N) is 1. The Morgan fingerprint density at radius 1 is 0.386 bits per heavy atom. The van der Waals surface area contributed by atoms with Crippen molar-refractivity contribution in [3.8, 4) is 11.1 Å². The molecule has 0 spiro atoms. The Morgan fingerprint density at radius 2 is 0.772 bits per heavy atom. The average molecular weight is 756 g/mol. The second kappa shape index (κ2) is 14.8. The first-order chi connectivity index (χ1) is 27.7. The first-order valence-corrected chi connectivity index (χ1v) is 21.9. The molecule has 8 aromatic carbocycles. The molecule has 0 N–H and O–H groups in total. The van der Waals surface area contributed by atoms with E-state index in [0.717, 1.165) is 22.5 Å². The molecule has 1 aliphatic rings. The highest BCUT2D eigenvalue weighted by molar-refractivity contribution is 7.19. The van der Waals surface area contributed by atoms with Crippen molar-refractivity contribution in [2.45, 2.75) is 38.9 Å². The van der Waals surface area contributed by atoms with Crippen molar-refractivity contribution in [1.82, 2.24) is 0 Å². The molecule has 0 saturated carbocycles. The lowest BCUT2D eigenvalue weighted by molar-refractivity contribution is 0.00578. The van der Waals surface area contributed by atoms with Crippen LogP contribution in [-0.2, 0) is 9.31 Å². The van der Waals surface area contributed by atoms with Crippen LogP contribution in [0.3, 0.4) is 0 Å². The molecular weight excluding hydrogens is 709 g/mol. The third kappa shape index (κ3) is 6.72. The number of rotatable bonds is 9. The summed E-state index contributed by atoms with van der Waals surface area (Å²) in [5, 5.41) is 7.88. The van der Waals surface area contributed by atoms with Gasteiger partial charge in [-0.05, 0) is 118 Å². The van der Waals surface area contributed by atoms with E-state index in [2.05, 4.69) is 239 Å². The average Bonchev–Trinajstić information content (AvgIpc) is 3.48. The van der Waals surface area contributed by atoms with Crippen LogP contribution in [0.2, 0.25) is 0 Å². The lowest BCUT2D eigenvalue weighted by Gasteiger charge is -2.35. The summed E-state index contributed by atoms with van der Waals surface area (Å²) < 4.78 is 12.8. The predicted octanol–water partition coefficient (Wildman–Crippen LogP) is 9.65. The van der Waals surface area contributed by atoms with Crippen molar-refractivity contribution < 1.29 is 9.31 Å². The molecule has 57 heavy (non-hydrogen) atoms. The van der Waals surface area contributed by atoms with Crippen LogP contribution < -0.4 is 31.1 Å². The van der Waals surface area contributed by atoms with E-state index in [1.165, 1.54) is 42.6 Å². The van der Waals surface area contributed by atoms with Gasteiger partial charge in [0.2, 0.25) is 0 Å². The molecule has 3 nitrogen and oxygen atoms in total. The molecule has 1 saturated heterocycles. The largest absolute Gasteiger partial charge is 0.494 e. The highest BCUT2D eigenvalue weighted by atomic mass is 28.3. The summed E-state index contributed by atoms with van der Waals surface area (Å²) in [7, 11) is -3.10. The highest BCUT2D eigenvalue weighted by Crippen LogP contribution is 2.38. The molecular formula is C52H46BNO2Si. The summed E-state index contributed by atoms with van der Waals surface area (Å²) in [6.07, 6.45) is 0. The summed E-state index contributed by atoms with van der Waals surface area (Å²) >= 11 is 0. The first kappa shape index (κ1) is 36.6. The fraction of sp³-hybridized carbons (Fsp3) is 0.115. The zero-order chi connectivity index (χ0) is 39.0. The van der Waals surface area contributed by atoms with Gasteiger partial charge in [-0.25, -0.2) is 0 Å². The molecule has 0 bridgehead atoms. The fourth-order valence-corrected chi connectivity index (χ4v) is 13.0. The maximum absolute atomic E-state index is 6.42. The Bertz CT molecular complexity index is 2500. The van der Waals surface area contributed by atoms with Gasteiger partial charge in [0.1, 0.15) is 0 Å². The van der Waals surface area contributed by atoms with Crippen molar-refractivity contribution in [3.05, 3.63) is 206 Å². The minimum atomic E-state index is -2.67. The Morgan fingerprint density at radius 3 is 1.26 bits per heavy atom. The van der Waals surface area contributed by atoms with Gasteiger partial charge >= 0.3 is 7.12 Å². The quantitative estimate of drug-likeness (QED) is 0.108. The Kier molecular flexibility index (Phi) is 9.54. The minimum absolute atomic E-state index is 0.408. The fourth-order valence-electron chi connectivity index (χ4n) is 8.30. The molecule has 0 atom stereocenters. The Labute approximate surface area is 338 Å². The van der Waals surface area contributed by atoms with Crippen LogP contribution in [0.25, 0.3) is 21.9 Å². The lowest BCUT2D eigenvalue weighted by Crippen LogP contribution is -2.74. The van der Waals surface area contributed by atoms with Crippen LogP contribution in [0.4, 0.5) is 17.1 Å². The first-order valence-electron chi connectivity index (χ1n) is 19.9. The highest BCUT2D eigenvalue weighted by Gasteiger charge is 2.51. The van der Waals surface area contributed by atoms with Crippen molar-refractivity contribution in [3.63, 3.8) is 0 Å². The molecule has 1 fully saturated rings. The predicted molar refractivity (Wildman–Crippen MR) is 243 cm³/mol. The normalized spacial score (nSPS) is 14.8. The van der Waals surface area contributed by atoms with Gasteiger partial charge in [-0.2, -0.15) is 0 Å². The third-order valence-corrected chi connectivity index (χ3v) is 16.9. The summed E-state index contributed by atoms with van der Waals surface area (Å²) in [5.74, 6) is 0. The second-order valence-electron chi connectivity index (χ2n) is 16.0. The molecule has 1 aliphatic heterocycles. The molecule has 0 aromatic heterocycles. The molecule has 9 rings (SSSR count). The second-order valence-corrected chi connectivity index (χ2v) is 19.8. The molecule has 0 unspecified atom stereocenters. The van der Waals surface area contributed by atoms with Gasteiger partial charge < -0.3 is 14.2 Å². The van der Waals surface area contributed by atoms with Crippen LogP contribution in [0.15, 0.2) is 206 Å².